The van der Waals surface area contributed by atoms with Gasteiger partial charge in [0.05, 0.1) is 10.6 Å². The van der Waals surface area contributed by atoms with Crippen molar-refractivity contribution >= 4 is 39.8 Å². The van der Waals surface area contributed by atoms with Crippen molar-refractivity contribution in [3.05, 3.63) is 69.8 Å². The molecule has 2 aromatic carbocycles. The van der Waals surface area contributed by atoms with Crippen molar-refractivity contribution in [1.29, 1.82) is 0 Å². The van der Waals surface area contributed by atoms with Crippen LogP contribution in [-0.2, 0) is 4.79 Å². The summed E-state index contributed by atoms with van der Waals surface area (Å²) in [6, 6.07) is 12.4. The lowest BCUT2D eigenvalue weighted by Crippen LogP contribution is -2.11. The maximum absolute atomic E-state index is 12.9. The molecule has 0 unspecified atom stereocenters. The number of non-ortho nitro benzene ring substituents is 1. The van der Waals surface area contributed by atoms with Crippen LogP contribution in [0.1, 0.15) is 12.8 Å². The standard InChI is InChI=1S/C19H16FN3O3S2/c20-14-5-9-16(10-6-14)27-11-1-2-18(24)22-19-21-17(12-28-19)13-3-7-15(8-4-13)23(25)26/h3-10,12H,1-2,11H2,(H,21,22,24). The lowest BCUT2D eigenvalue weighted by atomic mass is 10.1. The van der Waals surface area contributed by atoms with Gasteiger partial charge in [-0.2, -0.15) is 0 Å². The molecule has 1 heterocycles. The summed E-state index contributed by atoms with van der Waals surface area (Å²) in [5.41, 5.74) is 1.42. The molecule has 0 radical (unpaired) electrons. The number of halogens is 1. The third-order valence-electron chi connectivity index (χ3n) is 3.75. The van der Waals surface area contributed by atoms with Crippen LogP contribution in [0.5, 0.6) is 0 Å². The molecule has 0 saturated heterocycles. The number of amides is 1. The number of aromatic nitrogens is 1. The summed E-state index contributed by atoms with van der Waals surface area (Å²) in [4.78, 5) is 27.6. The molecule has 9 heteroatoms. The zero-order valence-electron chi connectivity index (χ0n) is 14.6. The molecule has 1 aromatic heterocycles. The van der Waals surface area contributed by atoms with Crippen LogP contribution in [0.15, 0.2) is 58.8 Å². The predicted octanol–water partition coefficient (Wildman–Crippen LogP) is 5.37. The van der Waals surface area contributed by atoms with E-state index in [-0.39, 0.29) is 17.4 Å². The second-order valence-electron chi connectivity index (χ2n) is 5.80. The molecule has 144 valence electrons. The van der Waals surface area contributed by atoms with E-state index in [1.165, 1.54) is 35.6 Å². The van der Waals surface area contributed by atoms with Crippen LogP contribution in [0.4, 0.5) is 15.2 Å². The average Bonchev–Trinajstić information content (AvgIpc) is 3.15. The zero-order chi connectivity index (χ0) is 19.9. The number of rotatable bonds is 8. The van der Waals surface area contributed by atoms with Gasteiger partial charge in [0, 0.05) is 34.4 Å². The topological polar surface area (TPSA) is 85.1 Å². The number of nitro groups is 1. The lowest BCUT2D eigenvalue weighted by Gasteiger charge is -2.03. The second-order valence-corrected chi connectivity index (χ2v) is 7.82. The van der Waals surface area contributed by atoms with E-state index in [4.69, 9.17) is 0 Å². The maximum atomic E-state index is 12.9. The van der Waals surface area contributed by atoms with Gasteiger partial charge in [0.25, 0.3) is 5.69 Å². The number of nitrogens with zero attached hydrogens (tertiary/aromatic N) is 2. The Labute approximate surface area is 169 Å². The highest BCUT2D eigenvalue weighted by molar-refractivity contribution is 7.99. The Hall–Kier alpha value is -2.78. The van der Waals surface area contributed by atoms with Crippen molar-refractivity contribution < 1.29 is 14.1 Å². The first-order valence-corrected chi connectivity index (χ1v) is 10.3. The molecule has 3 aromatic rings. The molecule has 0 aliphatic carbocycles. The van der Waals surface area contributed by atoms with Gasteiger partial charge in [-0.15, -0.1) is 23.1 Å². The van der Waals surface area contributed by atoms with E-state index in [9.17, 15) is 19.3 Å². The molecule has 0 bridgehead atoms. The van der Waals surface area contributed by atoms with E-state index in [1.807, 2.05) is 0 Å². The molecule has 0 aliphatic heterocycles. The highest BCUT2D eigenvalue weighted by Crippen LogP contribution is 2.26. The molecule has 0 aliphatic rings. The van der Waals surface area contributed by atoms with Crippen molar-refractivity contribution in [2.24, 2.45) is 0 Å². The third-order valence-corrected chi connectivity index (χ3v) is 5.61. The summed E-state index contributed by atoms with van der Waals surface area (Å²) >= 11 is 2.88. The van der Waals surface area contributed by atoms with Crippen LogP contribution < -0.4 is 5.32 Å². The Morgan fingerprint density at radius 1 is 1.18 bits per heavy atom. The first-order chi connectivity index (χ1) is 13.5. The number of hydrogen-bond donors (Lipinski definition) is 1. The van der Waals surface area contributed by atoms with Gasteiger partial charge in [0.15, 0.2) is 5.13 Å². The summed E-state index contributed by atoms with van der Waals surface area (Å²) in [5.74, 6) is 0.370. The fourth-order valence-electron chi connectivity index (χ4n) is 2.35. The monoisotopic (exact) mass is 417 g/mol. The Balaban J connectivity index is 1.45. The number of thiazole rings is 1. The van der Waals surface area contributed by atoms with Crippen LogP contribution in [0, 0.1) is 15.9 Å². The molecule has 1 N–H and O–H groups in total. The highest BCUT2D eigenvalue weighted by Gasteiger charge is 2.10. The van der Waals surface area contributed by atoms with Crippen LogP contribution in [0.2, 0.25) is 0 Å². The Morgan fingerprint density at radius 2 is 1.89 bits per heavy atom. The van der Waals surface area contributed by atoms with E-state index in [0.29, 0.717) is 23.7 Å². The first kappa shape index (κ1) is 20.0. The van der Waals surface area contributed by atoms with Crippen molar-refractivity contribution in [2.75, 3.05) is 11.1 Å². The van der Waals surface area contributed by atoms with Crippen molar-refractivity contribution in [3.8, 4) is 11.3 Å². The molecule has 0 saturated carbocycles. The number of hydrogen-bond acceptors (Lipinski definition) is 6. The van der Waals surface area contributed by atoms with Crippen LogP contribution in [-0.4, -0.2) is 21.6 Å². The summed E-state index contributed by atoms with van der Waals surface area (Å²) in [6.45, 7) is 0. The van der Waals surface area contributed by atoms with Gasteiger partial charge in [-0.3, -0.25) is 14.9 Å². The SMILES string of the molecule is O=C(CCCSc1ccc(F)cc1)Nc1nc(-c2ccc([N+](=O)[O-])cc2)cs1. The van der Waals surface area contributed by atoms with Gasteiger partial charge < -0.3 is 5.32 Å². The quantitative estimate of drug-likeness (QED) is 0.231. The van der Waals surface area contributed by atoms with Gasteiger partial charge in [-0.05, 0) is 48.6 Å². The van der Waals surface area contributed by atoms with Crippen molar-refractivity contribution in [1.82, 2.24) is 4.98 Å². The molecule has 28 heavy (non-hydrogen) atoms. The third kappa shape index (κ3) is 5.61. The number of nitrogens with one attached hydrogen (secondary N) is 1. The minimum absolute atomic E-state index is 0.0195. The van der Waals surface area contributed by atoms with Crippen LogP contribution in [0.3, 0.4) is 0 Å². The minimum Gasteiger partial charge on any atom is -0.302 e. The van der Waals surface area contributed by atoms with Gasteiger partial charge in [-0.25, -0.2) is 9.37 Å². The summed E-state index contributed by atoms with van der Waals surface area (Å²) in [7, 11) is 0. The van der Waals surface area contributed by atoms with Crippen molar-refractivity contribution in [3.63, 3.8) is 0 Å². The summed E-state index contributed by atoms with van der Waals surface area (Å²) < 4.78 is 12.9. The van der Waals surface area contributed by atoms with E-state index < -0.39 is 4.92 Å². The summed E-state index contributed by atoms with van der Waals surface area (Å²) in [5, 5.41) is 15.8. The van der Waals surface area contributed by atoms with E-state index in [2.05, 4.69) is 10.3 Å². The number of benzene rings is 2. The predicted molar refractivity (Wildman–Crippen MR) is 109 cm³/mol. The Bertz CT molecular complexity index is 959. The molecule has 0 spiro atoms. The lowest BCUT2D eigenvalue weighted by molar-refractivity contribution is -0.384. The van der Waals surface area contributed by atoms with Gasteiger partial charge >= 0.3 is 0 Å². The molecule has 3 rings (SSSR count). The number of carbonyl (C=O) groups excluding carboxylic acids is 1. The molecule has 0 fully saturated rings. The minimum atomic E-state index is -0.454. The fourth-order valence-corrected chi connectivity index (χ4v) is 3.94. The average molecular weight is 417 g/mol. The van der Waals surface area contributed by atoms with Crippen LogP contribution >= 0.6 is 23.1 Å². The number of carbonyl (C=O) groups is 1. The number of anilines is 1. The van der Waals surface area contributed by atoms with Crippen molar-refractivity contribution in [2.45, 2.75) is 17.7 Å². The van der Waals surface area contributed by atoms with Gasteiger partial charge in [0.1, 0.15) is 5.82 Å². The maximum Gasteiger partial charge on any atom is 0.269 e. The molecule has 1 amide bonds. The number of nitro benzene ring substituents is 1. The van der Waals surface area contributed by atoms with Crippen LogP contribution in [0.25, 0.3) is 11.3 Å². The highest BCUT2D eigenvalue weighted by atomic mass is 32.2. The van der Waals surface area contributed by atoms with E-state index in [0.717, 1.165) is 16.2 Å². The Kier molecular flexibility index (Phi) is 6.72. The molecular weight excluding hydrogens is 401 g/mol. The molecular formula is C19H16FN3O3S2. The summed E-state index contributed by atoms with van der Waals surface area (Å²) in [6.07, 6.45) is 1.05. The largest absolute Gasteiger partial charge is 0.302 e. The molecule has 6 nitrogen and oxygen atoms in total. The van der Waals surface area contributed by atoms with E-state index >= 15 is 0 Å². The Morgan fingerprint density at radius 3 is 2.57 bits per heavy atom. The fraction of sp³-hybridized carbons (Fsp3) is 0.158. The normalized spacial score (nSPS) is 10.6. The van der Waals surface area contributed by atoms with E-state index in [1.54, 1.807) is 41.4 Å². The second kappa shape index (κ2) is 9.43. The van der Waals surface area contributed by atoms with Gasteiger partial charge in [-0.1, -0.05) is 0 Å². The molecule has 0 atom stereocenters. The zero-order valence-corrected chi connectivity index (χ0v) is 16.3. The first-order valence-electron chi connectivity index (χ1n) is 8.40. The number of thioether (sulfide) groups is 1. The smallest absolute Gasteiger partial charge is 0.269 e. The van der Waals surface area contributed by atoms with Gasteiger partial charge in [0.2, 0.25) is 5.91 Å².